The number of fused-ring (bicyclic) bond motifs is 1. The minimum Gasteiger partial charge on any atom is -0.357 e. The van der Waals surface area contributed by atoms with Crippen LogP contribution >= 0.6 is 0 Å². The Bertz CT molecular complexity index is 749. The van der Waals surface area contributed by atoms with Gasteiger partial charge >= 0.3 is 6.18 Å². The lowest BCUT2D eigenvalue weighted by Gasteiger charge is -2.13. The third-order valence-corrected chi connectivity index (χ3v) is 3.29. The summed E-state index contributed by atoms with van der Waals surface area (Å²) >= 11 is 0. The summed E-state index contributed by atoms with van der Waals surface area (Å²) in [7, 11) is 0. The van der Waals surface area contributed by atoms with Gasteiger partial charge in [-0.1, -0.05) is 6.08 Å². The van der Waals surface area contributed by atoms with Crippen LogP contribution in [-0.2, 0) is 12.6 Å². The molecule has 2 aromatic heterocycles. The van der Waals surface area contributed by atoms with E-state index in [9.17, 15) is 18.0 Å². The number of carbonyl (C=O) groups excluding carboxylic acids is 1. The van der Waals surface area contributed by atoms with Crippen molar-refractivity contribution in [2.24, 2.45) is 0 Å². The van der Waals surface area contributed by atoms with Crippen LogP contribution in [0, 0.1) is 0 Å². The van der Waals surface area contributed by atoms with Crippen LogP contribution in [0.4, 0.5) is 13.2 Å². The second kappa shape index (κ2) is 5.28. The molecular formula is C14H11F3N4O. The summed E-state index contributed by atoms with van der Waals surface area (Å²) in [6.07, 6.45) is 0.0955. The van der Waals surface area contributed by atoms with Crippen molar-refractivity contribution in [2.75, 3.05) is 6.54 Å². The highest BCUT2D eigenvalue weighted by Crippen LogP contribution is 2.28. The lowest BCUT2D eigenvalue weighted by Crippen LogP contribution is -2.26. The molecule has 0 spiro atoms. The lowest BCUT2D eigenvalue weighted by molar-refractivity contribution is -0.145. The molecule has 22 heavy (non-hydrogen) atoms. The van der Waals surface area contributed by atoms with Gasteiger partial charge in [-0.25, -0.2) is 9.97 Å². The fraction of sp³-hybridized carbons (Fsp3) is 0.214. The van der Waals surface area contributed by atoms with Gasteiger partial charge in [0, 0.05) is 25.4 Å². The topological polar surface area (TPSA) is 70.7 Å². The predicted octanol–water partition coefficient (Wildman–Crippen LogP) is 2.19. The number of nitrogens with one attached hydrogen (secondary N) is 2. The van der Waals surface area contributed by atoms with Crippen molar-refractivity contribution in [3.63, 3.8) is 0 Å². The van der Waals surface area contributed by atoms with Gasteiger partial charge in [0.15, 0.2) is 0 Å². The van der Waals surface area contributed by atoms with Crippen molar-refractivity contribution < 1.29 is 18.0 Å². The Morgan fingerprint density at radius 3 is 2.82 bits per heavy atom. The fourth-order valence-corrected chi connectivity index (χ4v) is 2.26. The summed E-state index contributed by atoms with van der Waals surface area (Å²) < 4.78 is 38.1. The highest BCUT2D eigenvalue weighted by atomic mass is 19.4. The van der Waals surface area contributed by atoms with E-state index < -0.39 is 12.0 Å². The Labute approximate surface area is 123 Å². The van der Waals surface area contributed by atoms with Gasteiger partial charge in [0.1, 0.15) is 5.69 Å². The van der Waals surface area contributed by atoms with Gasteiger partial charge in [0.05, 0.1) is 5.69 Å². The Morgan fingerprint density at radius 2 is 2.05 bits per heavy atom. The molecule has 5 nitrogen and oxygen atoms in total. The molecule has 0 aromatic carbocycles. The molecular weight excluding hydrogens is 297 g/mol. The highest BCUT2D eigenvalue weighted by Gasteiger charge is 2.34. The van der Waals surface area contributed by atoms with Crippen LogP contribution in [0.3, 0.4) is 0 Å². The number of rotatable bonds is 1. The number of H-pyrrole nitrogens is 1. The van der Waals surface area contributed by atoms with E-state index >= 15 is 0 Å². The number of halogens is 3. The van der Waals surface area contributed by atoms with Crippen molar-refractivity contribution in [3.8, 4) is 0 Å². The molecule has 3 heterocycles. The van der Waals surface area contributed by atoms with E-state index in [-0.39, 0.29) is 18.1 Å². The summed E-state index contributed by atoms with van der Waals surface area (Å²) in [5.74, 6) is -1.42. The van der Waals surface area contributed by atoms with Crippen molar-refractivity contribution in [3.05, 3.63) is 53.4 Å². The molecule has 3 rings (SSSR count). The number of hydrogen-bond acceptors (Lipinski definition) is 3. The molecule has 0 radical (unpaired) electrons. The molecule has 8 heteroatoms. The van der Waals surface area contributed by atoms with E-state index in [1.165, 1.54) is 6.07 Å². The molecule has 1 aliphatic rings. The number of amides is 1. The largest absolute Gasteiger partial charge is 0.451 e. The molecule has 0 aliphatic carbocycles. The van der Waals surface area contributed by atoms with Gasteiger partial charge in [-0.2, -0.15) is 13.2 Å². The average molecular weight is 308 g/mol. The van der Waals surface area contributed by atoms with Crippen LogP contribution in [-0.4, -0.2) is 27.4 Å². The Balaban J connectivity index is 1.98. The number of nitrogens with zero attached hydrogens (tertiary/aromatic N) is 2. The number of carbonyl (C=O) groups is 1. The lowest BCUT2D eigenvalue weighted by atomic mass is 10.0. The standard InChI is InChI=1S/C14H11F3N4O/c15-14(16,17)13-20-6-3-10(21-13)8-1-5-19-12(22)11-9(7-8)2-4-18-11/h1-4,6,18H,5,7H2,(H,19,22). The second-order valence-electron chi connectivity index (χ2n) is 4.76. The van der Waals surface area contributed by atoms with Crippen LogP contribution in [0.1, 0.15) is 27.6 Å². The van der Waals surface area contributed by atoms with Crippen LogP contribution in [0.2, 0.25) is 0 Å². The number of aromatic amines is 1. The maximum Gasteiger partial charge on any atom is 0.451 e. The van der Waals surface area contributed by atoms with Gasteiger partial charge in [0.2, 0.25) is 5.82 Å². The first-order chi connectivity index (χ1) is 10.4. The van der Waals surface area contributed by atoms with Gasteiger partial charge < -0.3 is 10.3 Å². The first-order valence-electron chi connectivity index (χ1n) is 6.49. The molecule has 0 atom stereocenters. The van der Waals surface area contributed by atoms with Crippen molar-refractivity contribution in [1.29, 1.82) is 0 Å². The van der Waals surface area contributed by atoms with Crippen LogP contribution < -0.4 is 5.32 Å². The van der Waals surface area contributed by atoms with Crippen molar-refractivity contribution in [2.45, 2.75) is 12.6 Å². The maximum absolute atomic E-state index is 12.7. The SMILES string of the molecule is O=C1NCC=C(c2ccnc(C(F)(F)F)n2)Cc2cc[nH]c21. The molecule has 0 bridgehead atoms. The van der Waals surface area contributed by atoms with E-state index in [1.807, 2.05) is 0 Å². The zero-order valence-corrected chi connectivity index (χ0v) is 11.2. The van der Waals surface area contributed by atoms with Gasteiger partial charge in [-0.05, 0) is 23.3 Å². The summed E-state index contributed by atoms with van der Waals surface area (Å²) in [4.78, 5) is 21.5. The number of aromatic nitrogens is 3. The Kier molecular flexibility index (Phi) is 3.44. The molecule has 0 saturated heterocycles. The average Bonchev–Trinajstić information content (AvgIpc) is 2.91. The third kappa shape index (κ3) is 2.72. The minimum absolute atomic E-state index is 0.200. The Hall–Kier alpha value is -2.64. The highest BCUT2D eigenvalue weighted by molar-refractivity contribution is 5.95. The third-order valence-electron chi connectivity index (χ3n) is 3.29. The zero-order valence-electron chi connectivity index (χ0n) is 11.2. The molecule has 0 unspecified atom stereocenters. The van der Waals surface area contributed by atoms with Crippen molar-refractivity contribution in [1.82, 2.24) is 20.3 Å². The Morgan fingerprint density at radius 1 is 1.23 bits per heavy atom. The van der Waals surface area contributed by atoms with E-state index in [1.54, 1.807) is 18.3 Å². The smallest absolute Gasteiger partial charge is 0.357 e. The molecule has 2 aromatic rings. The first-order valence-corrected chi connectivity index (χ1v) is 6.49. The van der Waals surface area contributed by atoms with E-state index in [0.717, 1.165) is 6.20 Å². The van der Waals surface area contributed by atoms with Crippen LogP contribution in [0.5, 0.6) is 0 Å². The molecule has 0 saturated carbocycles. The predicted molar refractivity (Wildman–Crippen MR) is 71.8 cm³/mol. The van der Waals surface area contributed by atoms with Gasteiger partial charge in [-0.3, -0.25) is 4.79 Å². The number of hydrogen-bond donors (Lipinski definition) is 2. The molecule has 1 amide bonds. The van der Waals surface area contributed by atoms with Gasteiger partial charge in [-0.15, -0.1) is 0 Å². The summed E-state index contributed by atoms with van der Waals surface area (Å²) in [5.41, 5.74) is 1.92. The molecule has 114 valence electrons. The summed E-state index contributed by atoms with van der Waals surface area (Å²) in [6, 6.07) is 3.15. The van der Waals surface area contributed by atoms with E-state index in [0.29, 0.717) is 23.3 Å². The van der Waals surface area contributed by atoms with E-state index in [2.05, 4.69) is 20.3 Å². The van der Waals surface area contributed by atoms with Gasteiger partial charge in [0.25, 0.3) is 5.91 Å². The summed E-state index contributed by atoms with van der Waals surface area (Å²) in [5, 5.41) is 2.66. The zero-order chi connectivity index (χ0) is 15.7. The molecule has 2 N–H and O–H groups in total. The quantitative estimate of drug-likeness (QED) is 0.848. The fourth-order valence-electron chi connectivity index (χ4n) is 2.26. The normalized spacial score (nSPS) is 15.4. The number of alkyl halides is 3. The maximum atomic E-state index is 12.7. The van der Waals surface area contributed by atoms with Crippen LogP contribution in [0.15, 0.2) is 30.6 Å². The summed E-state index contributed by atoms with van der Waals surface area (Å²) in [6.45, 7) is 0.220. The second-order valence-corrected chi connectivity index (χ2v) is 4.76. The molecule has 0 fully saturated rings. The van der Waals surface area contributed by atoms with E-state index in [4.69, 9.17) is 0 Å². The monoisotopic (exact) mass is 308 g/mol. The molecule has 1 aliphatic heterocycles. The number of allylic oxidation sites excluding steroid dienone is 1. The van der Waals surface area contributed by atoms with Crippen LogP contribution in [0.25, 0.3) is 5.57 Å². The first kappa shape index (κ1) is 14.3. The minimum atomic E-state index is -4.59. The van der Waals surface area contributed by atoms with Crippen molar-refractivity contribution >= 4 is 11.5 Å².